The van der Waals surface area contributed by atoms with Crippen molar-refractivity contribution >= 4 is 48.5 Å². The highest BCUT2D eigenvalue weighted by Gasteiger charge is 2.09. The van der Waals surface area contributed by atoms with E-state index in [0.717, 1.165) is 10.8 Å². The molecule has 3 rings (SSSR count). The molecule has 0 atom stereocenters. The molecule has 0 bridgehead atoms. The van der Waals surface area contributed by atoms with Gasteiger partial charge in [-0.05, 0) is 53.2 Å². The number of carbonyl (C=O) groups excluding carboxylic acids is 1. The van der Waals surface area contributed by atoms with Crippen molar-refractivity contribution in [1.29, 1.82) is 5.41 Å². The molecule has 0 aliphatic rings. The van der Waals surface area contributed by atoms with Crippen molar-refractivity contribution in [3.8, 4) is 5.75 Å². The predicted octanol–water partition coefficient (Wildman–Crippen LogP) is 1.93. The van der Waals surface area contributed by atoms with E-state index in [1.54, 1.807) is 42.5 Å². The molecule has 0 saturated heterocycles. The largest absolute Gasteiger partial charge is 0.423 e. The zero-order valence-electron chi connectivity index (χ0n) is 17.6. The van der Waals surface area contributed by atoms with Crippen LogP contribution in [0.3, 0.4) is 0 Å². The summed E-state index contributed by atoms with van der Waals surface area (Å²) >= 11 is 0. The zero-order valence-corrected chi connectivity index (χ0v) is 19.2. The van der Waals surface area contributed by atoms with Gasteiger partial charge in [0.25, 0.3) is 20.2 Å². The second-order valence-corrected chi connectivity index (χ2v) is 9.55. The lowest BCUT2D eigenvalue weighted by Crippen LogP contribution is -2.10. The molecule has 0 radical (unpaired) electrons. The molecular formula is C20H23N3O8S2. The van der Waals surface area contributed by atoms with Crippen LogP contribution in [0.15, 0.2) is 60.7 Å². The Balaban J connectivity index is 0.000000460. The Labute approximate surface area is 191 Å². The number of anilines is 1. The lowest BCUT2D eigenvalue weighted by atomic mass is 10.1. The number of hydrogen-bond acceptors (Lipinski definition) is 8. The molecular weight excluding hydrogens is 474 g/mol. The van der Waals surface area contributed by atoms with E-state index in [2.05, 4.69) is 0 Å². The number of ether oxygens (including phenoxy) is 1. The quantitative estimate of drug-likeness (QED) is 0.0885. The Bertz CT molecular complexity index is 1310. The fourth-order valence-electron chi connectivity index (χ4n) is 2.24. The van der Waals surface area contributed by atoms with Crippen LogP contribution in [0.5, 0.6) is 5.75 Å². The van der Waals surface area contributed by atoms with Gasteiger partial charge in [0.15, 0.2) is 0 Å². The maximum atomic E-state index is 12.1. The van der Waals surface area contributed by atoms with E-state index in [0.29, 0.717) is 35.1 Å². The minimum atomic E-state index is -3.67. The summed E-state index contributed by atoms with van der Waals surface area (Å²) < 4.78 is 57.1. The summed E-state index contributed by atoms with van der Waals surface area (Å²) in [7, 11) is -7.33. The number of rotatable bonds is 3. The van der Waals surface area contributed by atoms with Crippen molar-refractivity contribution < 1.29 is 35.5 Å². The van der Waals surface area contributed by atoms with E-state index in [4.69, 9.17) is 30.7 Å². The van der Waals surface area contributed by atoms with Gasteiger partial charge in [0.2, 0.25) is 0 Å². The van der Waals surface area contributed by atoms with Gasteiger partial charge < -0.3 is 16.2 Å². The summed E-state index contributed by atoms with van der Waals surface area (Å²) in [6.45, 7) is 0. The molecule has 0 fully saturated rings. The Morgan fingerprint density at radius 2 is 1.24 bits per heavy atom. The van der Waals surface area contributed by atoms with Crippen LogP contribution in [-0.4, -0.2) is 50.3 Å². The van der Waals surface area contributed by atoms with E-state index in [1.807, 2.05) is 18.2 Å². The van der Waals surface area contributed by atoms with E-state index >= 15 is 0 Å². The summed E-state index contributed by atoms with van der Waals surface area (Å²) in [5.41, 5.74) is 12.8. The fraction of sp³-hybridized carbons (Fsp3) is 0.100. The number of nitrogen functional groups attached to an aromatic ring is 2. The maximum absolute atomic E-state index is 12.1. The smallest absolute Gasteiger partial charge is 0.343 e. The molecule has 0 spiro atoms. The van der Waals surface area contributed by atoms with Crippen LogP contribution in [-0.2, 0) is 20.2 Å². The molecule has 7 N–H and O–H groups in total. The fourth-order valence-corrected chi connectivity index (χ4v) is 2.24. The number of fused-ring (bicyclic) bond motifs is 1. The number of nitrogens with one attached hydrogen (secondary N) is 1. The Morgan fingerprint density at radius 1 is 0.818 bits per heavy atom. The molecule has 0 aliphatic carbocycles. The number of nitrogens with two attached hydrogens (primary N) is 2. The van der Waals surface area contributed by atoms with Gasteiger partial charge >= 0.3 is 5.97 Å². The zero-order chi connectivity index (χ0) is 25.4. The van der Waals surface area contributed by atoms with Gasteiger partial charge in [0.05, 0.1) is 18.1 Å². The lowest BCUT2D eigenvalue weighted by molar-refractivity contribution is 0.0735. The van der Waals surface area contributed by atoms with Crippen molar-refractivity contribution in [2.45, 2.75) is 0 Å². The molecule has 33 heavy (non-hydrogen) atoms. The van der Waals surface area contributed by atoms with Crippen molar-refractivity contribution in [1.82, 2.24) is 0 Å². The molecule has 0 unspecified atom stereocenters. The van der Waals surface area contributed by atoms with Crippen molar-refractivity contribution in [3.63, 3.8) is 0 Å². The third-order valence-electron chi connectivity index (χ3n) is 3.48. The topological polar surface area (TPSA) is 211 Å². The summed E-state index contributed by atoms with van der Waals surface area (Å²) in [4.78, 5) is 12.1. The third-order valence-corrected chi connectivity index (χ3v) is 3.48. The molecule has 0 heterocycles. The SMILES string of the molecule is CS(=O)(=O)O.CS(=O)(=O)O.N=C(N)c1ccc2cc(OC(=O)c3ccc(N)cc3)ccc2c1. The van der Waals surface area contributed by atoms with Crippen LogP contribution in [0, 0.1) is 5.41 Å². The molecule has 13 heteroatoms. The second kappa shape index (κ2) is 11.4. The molecule has 0 aliphatic heterocycles. The first-order chi connectivity index (χ1) is 15.0. The number of benzene rings is 3. The van der Waals surface area contributed by atoms with Crippen LogP contribution in [0.1, 0.15) is 15.9 Å². The van der Waals surface area contributed by atoms with Gasteiger partial charge in [-0.25, -0.2) is 4.79 Å². The summed E-state index contributed by atoms with van der Waals surface area (Å²) in [6.07, 6.45) is 1.43. The minimum absolute atomic E-state index is 0.0192. The summed E-state index contributed by atoms with van der Waals surface area (Å²) in [6, 6.07) is 17.3. The van der Waals surface area contributed by atoms with Crippen LogP contribution < -0.4 is 16.2 Å². The molecule has 0 saturated carbocycles. The van der Waals surface area contributed by atoms with E-state index in [-0.39, 0.29) is 5.84 Å². The molecule has 11 nitrogen and oxygen atoms in total. The Kier molecular flexibility index (Phi) is 9.48. The lowest BCUT2D eigenvalue weighted by Gasteiger charge is -2.07. The second-order valence-electron chi connectivity index (χ2n) is 6.61. The molecule has 3 aromatic carbocycles. The van der Waals surface area contributed by atoms with Crippen molar-refractivity contribution in [2.75, 3.05) is 18.2 Å². The monoisotopic (exact) mass is 497 g/mol. The van der Waals surface area contributed by atoms with Gasteiger partial charge in [0.1, 0.15) is 11.6 Å². The van der Waals surface area contributed by atoms with E-state index < -0.39 is 26.2 Å². The van der Waals surface area contributed by atoms with Gasteiger partial charge in [-0.2, -0.15) is 16.8 Å². The van der Waals surface area contributed by atoms with Crippen LogP contribution in [0.2, 0.25) is 0 Å². The standard InChI is InChI=1S/C18H15N3O2.2CH4O3S/c19-15-6-3-11(4-7-15)18(22)23-16-8-5-12-9-14(17(20)21)2-1-13(12)10-16;2*1-5(2,3)4/h1-10H,19H2,(H3,20,21);2*1H3,(H,2,3,4). The minimum Gasteiger partial charge on any atom is -0.423 e. The van der Waals surface area contributed by atoms with Crippen LogP contribution in [0.25, 0.3) is 10.8 Å². The third kappa shape index (κ3) is 12.2. The average Bonchev–Trinajstić information content (AvgIpc) is 2.65. The van der Waals surface area contributed by atoms with Gasteiger partial charge in [-0.15, -0.1) is 0 Å². The number of carbonyl (C=O) groups is 1. The number of amidine groups is 1. The molecule has 0 amide bonds. The normalized spacial score (nSPS) is 10.8. The van der Waals surface area contributed by atoms with E-state index in [9.17, 15) is 21.6 Å². The number of hydrogen-bond donors (Lipinski definition) is 5. The van der Waals surface area contributed by atoms with Crippen molar-refractivity contribution in [3.05, 3.63) is 71.8 Å². The van der Waals surface area contributed by atoms with Gasteiger partial charge in [0, 0.05) is 11.3 Å². The maximum Gasteiger partial charge on any atom is 0.343 e. The summed E-state index contributed by atoms with van der Waals surface area (Å²) in [5, 5.41) is 9.28. The molecule has 0 aromatic heterocycles. The molecule has 178 valence electrons. The van der Waals surface area contributed by atoms with Gasteiger partial charge in [-0.1, -0.05) is 18.2 Å². The predicted molar refractivity (Wildman–Crippen MR) is 126 cm³/mol. The highest BCUT2D eigenvalue weighted by Crippen LogP contribution is 2.23. The highest BCUT2D eigenvalue weighted by molar-refractivity contribution is 7.85. The summed E-state index contributed by atoms with van der Waals surface area (Å²) in [5.74, 6) is 0.0327. The van der Waals surface area contributed by atoms with E-state index in [1.165, 1.54) is 0 Å². The first-order valence-electron chi connectivity index (χ1n) is 8.84. The highest BCUT2D eigenvalue weighted by atomic mass is 32.2. The Hall–Kier alpha value is -3.52. The van der Waals surface area contributed by atoms with Crippen LogP contribution >= 0.6 is 0 Å². The number of esters is 1. The first-order valence-corrected chi connectivity index (χ1v) is 12.5. The Morgan fingerprint density at radius 3 is 1.73 bits per heavy atom. The average molecular weight is 498 g/mol. The van der Waals surface area contributed by atoms with Crippen molar-refractivity contribution in [2.24, 2.45) is 5.73 Å². The van der Waals surface area contributed by atoms with Gasteiger partial charge in [-0.3, -0.25) is 14.5 Å². The van der Waals surface area contributed by atoms with Crippen LogP contribution in [0.4, 0.5) is 5.69 Å². The first kappa shape index (κ1) is 27.5. The molecule has 3 aromatic rings.